The van der Waals surface area contributed by atoms with Gasteiger partial charge in [0.05, 0.1) is 6.26 Å². The van der Waals surface area contributed by atoms with Gasteiger partial charge in [-0.15, -0.1) is 0 Å². The average Bonchev–Trinajstić information content (AvgIpc) is 3.04. The summed E-state index contributed by atoms with van der Waals surface area (Å²) in [4.78, 5) is 14.6. The minimum absolute atomic E-state index is 0.160. The summed E-state index contributed by atoms with van der Waals surface area (Å²) in [6, 6.07) is 1.67. The van der Waals surface area contributed by atoms with E-state index >= 15 is 0 Å². The number of carbonyl (C=O) groups is 1. The lowest BCUT2D eigenvalue weighted by atomic mass is 10.1. The van der Waals surface area contributed by atoms with Crippen LogP contribution in [0.4, 0.5) is 0 Å². The van der Waals surface area contributed by atoms with Crippen LogP contribution >= 0.6 is 11.8 Å². The van der Waals surface area contributed by atoms with E-state index in [1.54, 1.807) is 6.26 Å². The second kappa shape index (κ2) is 5.59. The Kier molecular flexibility index (Phi) is 3.84. The smallest absolute Gasteiger partial charge is 0.247 e. The van der Waals surface area contributed by atoms with Crippen LogP contribution in [-0.4, -0.2) is 42.4 Å². The number of amides is 1. The van der Waals surface area contributed by atoms with Crippen LogP contribution in [0.25, 0.3) is 0 Å². The fourth-order valence-electron chi connectivity index (χ4n) is 2.94. The summed E-state index contributed by atoms with van der Waals surface area (Å²) < 4.78 is 5.51. The molecule has 0 radical (unpaired) electrons. The first-order valence-corrected chi connectivity index (χ1v) is 8.05. The fraction of sp³-hybridized carbons (Fsp3) is 0.643. The lowest BCUT2D eigenvalue weighted by Crippen LogP contribution is -2.41. The van der Waals surface area contributed by atoms with E-state index in [-0.39, 0.29) is 11.9 Å². The lowest BCUT2D eigenvalue weighted by Gasteiger charge is -2.26. The maximum absolute atomic E-state index is 12.6. The highest BCUT2D eigenvalue weighted by molar-refractivity contribution is 7.99. The van der Waals surface area contributed by atoms with Gasteiger partial charge >= 0.3 is 0 Å². The van der Waals surface area contributed by atoms with Gasteiger partial charge in [-0.3, -0.25) is 4.79 Å². The fourth-order valence-corrected chi connectivity index (χ4v) is 4.21. The topological polar surface area (TPSA) is 45.5 Å². The molecule has 104 valence electrons. The van der Waals surface area contributed by atoms with Crippen molar-refractivity contribution in [1.29, 1.82) is 0 Å². The Balaban J connectivity index is 1.77. The van der Waals surface area contributed by atoms with Gasteiger partial charge in [-0.25, -0.2) is 0 Å². The third-order valence-corrected chi connectivity index (χ3v) is 5.28. The zero-order valence-corrected chi connectivity index (χ0v) is 12.0. The summed E-state index contributed by atoms with van der Waals surface area (Å²) in [5.41, 5.74) is 1.16. The summed E-state index contributed by atoms with van der Waals surface area (Å²) in [6.45, 7) is 1.71. The van der Waals surface area contributed by atoms with Crippen LogP contribution in [0.5, 0.6) is 0 Å². The summed E-state index contributed by atoms with van der Waals surface area (Å²) in [6.07, 6.45) is 3.82. The first-order valence-electron chi connectivity index (χ1n) is 6.89. The van der Waals surface area contributed by atoms with Crippen LogP contribution in [0.2, 0.25) is 0 Å². The molecule has 2 aliphatic rings. The van der Waals surface area contributed by atoms with Gasteiger partial charge < -0.3 is 14.6 Å². The summed E-state index contributed by atoms with van der Waals surface area (Å²) in [7, 11) is 1.82. The second-order valence-electron chi connectivity index (χ2n) is 5.30. The van der Waals surface area contributed by atoms with Crippen LogP contribution in [0.15, 0.2) is 16.7 Å². The van der Waals surface area contributed by atoms with Gasteiger partial charge in [0, 0.05) is 13.1 Å². The number of likely N-dealkylation sites (N-methyl/N-ethyl adjacent to an activating group) is 1. The Morgan fingerprint density at radius 1 is 1.58 bits per heavy atom. The van der Waals surface area contributed by atoms with Crippen LogP contribution < -0.4 is 5.32 Å². The monoisotopic (exact) mass is 280 g/mol. The quantitative estimate of drug-likeness (QED) is 0.915. The maximum Gasteiger partial charge on any atom is 0.247 e. The van der Waals surface area contributed by atoms with E-state index in [4.69, 9.17) is 4.42 Å². The minimum atomic E-state index is -0.318. The molecule has 3 rings (SSSR count). The molecule has 5 heteroatoms. The van der Waals surface area contributed by atoms with Crippen LogP contribution in [0.3, 0.4) is 0 Å². The van der Waals surface area contributed by atoms with Crippen molar-refractivity contribution >= 4 is 17.7 Å². The number of thioether (sulfide) groups is 1. The van der Waals surface area contributed by atoms with Crippen molar-refractivity contribution in [2.24, 2.45) is 5.92 Å². The number of fused-ring (bicyclic) bond motifs is 1. The standard InChI is InChI=1S/C14H20N2O2S/c1-15-12-13-11(3-6-18-13)2-5-16(14(12)17)8-10-4-7-19-9-10/h3,6,10,12,15H,2,4-5,7-9H2,1H3. The Bertz CT molecular complexity index is 454. The Hall–Kier alpha value is -0.940. The Morgan fingerprint density at radius 3 is 3.21 bits per heavy atom. The molecule has 2 atom stereocenters. The number of carbonyl (C=O) groups excluding carboxylic acids is 1. The molecule has 0 aliphatic carbocycles. The molecule has 4 nitrogen and oxygen atoms in total. The van der Waals surface area contributed by atoms with Crippen molar-refractivity contribution < 1.29 is 9.21 Å². The molecule has 0 aromatic carbocycles. The zero-order valence-electron chi connectivity index (χ0n) is 11.2. The van der Waals surface area contributed by atoms with Gasteiger partial charge in [0.25, 0.3) is 0 Å². The van der Waals surface area contributed by atoms with E-state index in [1.807, 2.05) is 29.8 Å². The van der Waals surface area contributed by atoms with Gasteiger partial charge in [-0.1, -0.05) is 0 Å². The molecule has 1 N–H and O–H groups in total. The number of hydrogen-bond donors (Lipinski definition) is 1. The number of nitrogens with zero attached hydrogens (tertiary/aromatic N) is 1. The first-order chi connectivity index (χ1) is 9.29. The molecule has 1 aromatic rings. The maximum atomic E-state index is 12.6. The number of nitrogens with one attached hydrogen (secondary N) is 1. The minimum Gasteiger partial charge on any atom is -0.467 e. The van der Waals surface area contributed by atoms with Gasteiger partial charge in [0.1, 0.15) is 11.8 Å². The molecule has 19 heavy (non-hydrogen) atoms. The van der Waals surface area contributed by atoms with Gasteiger partial charge in [-0.2, -0.15) is 11.8 Å². The summed E-state index contributed by atoms with van der Waals surface area (Å²) >= 11 is 2.00. The van der Waals surface area contributed by atoms with E-state index in [0.29, 0.717) is 5.92 Å². The molecule has 0 saturated carbocycles. The average molecular weight is 280 g/mol. The van der Waals surface area contributed by atoms with Crippen molar-refractivity contribution in [1.82, 2.24) is 10.2 Å². The SMILES string of the molecule is CNC1C(=O)N(CC2CCSC2)CCc2ccoc21. The van der Waals surface area contributed by atoms with Gasteiger partial charge in [0.2, 0.25) is 5.91 Å². The van der Waals surface area contributed by atoms with Crippen molar-refractivity contribution in [3.8, 4) is 0 Å². The predicted molar refractivity (Wildman–Crippen MR) is 76.2 cm³/mol. The highest BCUT2D eigenvalue weighted by Gasteiger charge is 2.33. The van der Waals surface area contributed by atoms with E-state index in [1.165, 1.54) is 17.9 Å². The molecule has 2 aliphatic heterocycles. The molecule has 0 spiro atoms. The second-order valence-corrected chi connectivity index (χ2v) is 6.45. The molecule has 2 unspecified atom stereocenters. The molecular weight excluding hydrogens is 260 g/mol. The third kappa shape index (κ3) is 2.54. The van der Waals surface area contributed by atoms with E-state index in [9.17, 15) is 4.79 Å². The molecule has 1 saturated heterocycles. The van der Waals surface area contributed by atoms with Crippen molar-refractivity contribution in [3.05, 3.63) is 23.7 Å². The number of hydrogen-bond acceptors (Lipinski definition) is 4. The highest BCUT2D eigenvalue weighted by atomic mass is 32.2. The van der Waals surface area contributed by atoms with Crippen LogP contribution in [-0.2, 0) is 11.2 Å². The van der Waals surface area contributed by atoms with E-state index in [0.717, 1.165) is 30.8 Å². The first kappa shape index (κ1) is 13.1. The Morgan fingerprint density at radius 2 is 2.47 bits per heavy atom. The zero-order chi connectivity index (χ0) is 13.2. The highest BCUT2D eigenvalue weighted by Crippen LogP contribution is 2.29. The lowest BCUT2D eigenvalue weighted by molar-refractivity contribution is -0.134. The van der Waals surface area contributed by atoms with Crippen molar-refractivity contribution in [2.75, 3.05) is 31.6 Å². The third-order valence-electron chi connectivity index (χ3n) is 4.04. The molecule has 3 heterocycles. The van der Waals surface area contributed by atoms with Crippen molar-refractivity contribution in [3.63, 3.8) is 0 Å². The van der Waals surface area contributed by atoms with Crippen LogP contribution in [0.1, 0.15) is 23.8 Å². The van der Waals surface area contributed by atoms with E-state index in [2.05, 4.69) is 5.32 Å². The summed E-state index contributed by atoms with van der Waals surface area (Å²) in [5, 5.41) is 3.10. The van der Waals surface area contributed by atoms with E-state index < -0.39 is 0 Å². The largest absolute Gasteiger partial charge is 0.467 e. The van der Waals surface area contributed by atoms with Gasteiger partial charge in [-0.05, 0) is 48.9 Å². The van der Waals surface area contributed by atoms with Gasteiger partial charge in [0.15, 0.2) is 0 Å². The Labute approximate surface area is 117 Å². The predicted octanol–water partition coefficient (Wildman–Crippen LogP) is 1.68. The molecule has 1 aromatic heterocycles. The number of rotatable bonds is 3. The summed E-state index contributed by atoms with van der Waals surface area (Å²) in [5.74, 6) is 4.06. The van der Waals surface area contributed by atoms with Crippen LogP contribution in [0, 0.1) is 5.92 Å². The molecular formula is C14H20N2O2S. The molecule has 1 fully saturated rings. The molecule has 0 bridgehead atoms. The normalized spacial score (nSPS) is 27.4. The number of furan rings is 1. The molecule has 1 amide bonds. The van der Waals surface area contributed by atoms with Crippen molar-refractivity contribution in [2.45, 2.75) is 18.9 Å².